The maximum atomic E-state index is 12.3. The average Bonchev–Trinajstić information content (AvgIpc) is 2.88. The number of aliphatic hydroxyl groups excluding tert-OH is 1. The Labute approximate surface area is 153 Å². The molecule has 0 spiro atoms. The molecular formula is C20H26O6. The van der Waals surface area contributed by atoms with Crippen LogP contribution in [0.5, 0.6) is 0 Å². The summed E-state index contributed by atoms with van der Waals surface area (Å²) in [5, 5.41) is 21.9. The van der Waals surface area contributed by atoms with E-state index in [1.807, 2.05) is 6.92 Å². The number of esters is 1. The van der Waals surface area contributed by atoms with Crippen molar-refractivity contribution in [3.63, 3.8) is 0 Å². The number of aliphatic hydroxyl groups is 2. The molecule has 1 fully saturated rings. The van der Waals surface area contributed by atoms with Gasteiger partial charge < -0.3 is 19.7 Å². The molecule has 0 radical (unpaired) electrons. The van der Waals surface area contributed by atoms with Crippen LogP contribution in [0.15, 0.2) is 35.5 Å². The molecule has 1 saturated heterocycles. The molecule has 3 aliphatic heterocycles. The maximum Gasteiger partial charge on any atom is 0.337 e. The third kappa shape index (κ3) is 3.29. The Hall–Kier alpha value is -1.76. The van der Waals surface area contributed by atoms with E-state index in [1.165, 1.54) is 6.08 Å². The molecule has 0 amide bonds. The quantitative estimate of drug-likeness (QED) is 0.546. The molecule has 3 heterocycles. The fourth-order valence-corrected chi connectivity index (χ4v) is 4.07. The van der Waals surface area contributed by atoms with Crippen molar-refractivity contribution in [1.29, 1.82) is 0 Å². The number of allylic oxidation sites excluding steroid dienone is 1. The van der Waals surface area contributed by atoms with Crippen LogP contribution in [0.4, 0.5) is 0 Å². The van der Waals surface area contributed by atoms with E-state index in [0.717, 1.165) is 5.57 Å². The van der Waals surface area contributed by atoms with Gasteiger partial charge in [0.05, 0.1) is 11.7 Å². The van der Waals surface area contributed by atoms with Crippen LogP contribution >= 0.6 is 0 Å². The summed E-state index contributed by atoms with van der Waals surface area (Å²) in [5.41, 5.74) is 1.85. The first kappa shape index (κ1) is 19.0. The highest BCUT2D eigenvalue weighted by Crippen LogP contribution is 2.43. The Bertz CT molecular complexity index is 705. The van der Waals surface area contributed by atoms with Gasteiger partial charge in [0.25, 0.3) is 0 Å². The van der Waals surface area contributed by atoms with Crippen molar-refractivity contribution in [2.75, 3.05) is 0 Å². The molecule has 6 nitrogen and oxygen atoms in total. The first-order valence-electron chi connectivity index (χ1n) is 8.98. The zero-order valence-electron chi connectivity index (χ0n) is 15.4. The van der Waals surface area contributed by atoms with Crippen molar-refractivity contribution in [2.45, 2.75) is 64.1 Å². The number of fused-ring (bicyclic) bond motifs is 4. The molecule has 3 rings (SSSR count). The Balaban J connectivity index is 2.07. The molecule has 0 unspecified atom stereocenters. The van der Waals surface area contributed by atoms with Gasteiger partial charge in [0.15, 0.2) is 11.6 Å². The normalized spacial score (nSPS) is 42.7. The topological polar surface area (TPSA) is 93.1 Å². The molecule has 3 aliphatic rings. The van der Waals surface area contributed by atoms with Gasteiger partial charge in [0.1, 0.15) is 12.2 Å². The number of rotatable bonds is 1. The number of carbonyl (C=O) groups is 2. The molecular weight excluding hydrogens is 336 g/mol. The molecule has 6 heteroatoms. The van der Waals surface area contributed by atoms with Crippen molar-refractivity contribution in [3.8, 4) is 0 Å². The molecule has 0 saturated carbocycles. The summed E-state index contributed by atoms with van der Waals surface area (Å²) in [6, 6.07) is 0. The van der Waals surface area contributed by atoms with Crippen molar-refractivity contribution >= 4 is 11.8 Å². The summed E-state index contributed by atoms with van der Waals surface area (Å²) < 4.78 is 11.2. The van der Waals surface area contributed by atoms with Gasteiger partial charge in [0.2, 0.25) is 0 Å². The van der Waals surface area contributed by atoms with Crippen LogP contribution in [-0.2, 0) is 19.1 Å². The summed E-state index contributed by atoms with van der Waals surface area (Å²) >= 11 is 0. The lowest BCUT2D eigenvalue weighted by Gasteiger charge is -2.48. The second-order valence-corrected chi connectivity index (χ2v) is 7.82. The third-order valence-electron chi connectivity index (χ3n) is 5.59. The van der Waals surface area contributed by atoms with Crippen LogP contribution in [0.3, 0.4) is 0 Å². The minimum atomic E-state index is -1.96. The Morgan fingerprint density at radius 1 is 1.35 bits per heavy atom. The van der Waals surface area contributed by atoms with Gasteiger partial charge in [-0.1, -0.05) is 24.6 Å². The Kier molecular flexibility index (Phi) is 4.94. The van der Waals surface area contributed by atoms with Crippen LogP contribution in [0.1, 0.15) is 40.0 Å². The second kappa shape index (κ2) is 6.76. The molecule has 6 atom stereocenters. The van der Waals surface area contributed by atoms with Gasteiger partial charge in [-0.3, -0.25) is 4.79 Å². The standard InChI is InChI=1S/C20H26O6/c1-10(2)15-9-17-16-8-14(25-19(16)23)6-11(3)5-13(21)7-12(4)20(24,26-17)18(15)22/h5,8,12,14-15,17-18,22,24H,1,6-7,9H2,2-4H3/b11-5-/t12-,14-,15-,17+,18-,20+/m0/s1. The predicted octanol–water partition coefficient (Wildman–Crippen LogP) is 1.81. The van der Waals surface area contributed by atoms with Gasteiger partial charge in [0, 0.05) is 24.7 Å². The zero-order valence-corrected chi connectivity index (χ0v) is 15.4. The van der Waals surface area contributed by atoms with Crippen molar-refractivity contribution in [3.05, 3.63) is 35.5 Å². The summed E-state index contributed by atoms with van der Waals surface area (Å²) in [7, 11) is 0. The summed E-state index contributed by atoms with van der Waals surface area (Å²) in [6.45, 7) is 9.15. The van der Waals surface area contributed by atoms with E-state index in [-0.39, 0.29) is 12.2 Å². The lowest BCUT2D eigenvalue weighted by molar-refractivity contribution is -0.325. The molecule has 142 valence electrons. The molecule has 0 aromatic carbocycles. The zero-order chi connectivity index (χ0) is 19.2. The number of hydrogen-bond acceptors (Lipinski definition) is 6. The van der Waals surface area contributed by atoms with E-state index in [2.05, 4.69) is 6.58 Å². The van der Waals surface area contributed by atoms with Gasteiger partial charge in [-0.15, -0.1) is 0 Å². The fraction of sp³-hybridized carbons (Fsp3) is 0.600. The first-order chi connectivity index (χ1) is 12.1. The SMILES string of the molecule is C=C(C)[C@@H]1C[C@H]2O[C@](O)([C@@H](C)CC(=O)/C=C(/C)C[C@H]3C=C2C(=O)O3)[C@H]1O. The largest absolute Gasteiger partial charge is 0.454 e. The van der Waals surface area contributed by atoms with Crippen LogP contribution in [-0.4, -0.2) is 46.1 Å². The highest BCUT2D eigenvalue weighted by atomic mass is 16.6. The average molecular weight is 362 g/mol. The van der Waals surface area contributed by atoms with E-state index >= 15 is 0 Å². The second-order valence-electron chi connectivity index (χ2n) is 7.82. The molecule has 26 heavy (non-hydrogen) atoms. The minimum absolute atomic E-state index is 0.0268. The molecule has 0 aromatic heterocycles. The van der Waals surface area contributed by atoms with E-state index < -0.39 is 41.9 Å². The number of ether oxygens (including phenoxy) is 2. The number of hydrogen-bond donors (Lipinski definition) is 2. The van der Waals surface area contributed by atoms with Crippen LogP contribution in [0.2, 0.25) is 0 Å². The molecule has 2 N–H and O–H groups in total. The third-order valence-corrected chi connectivity index (χ3v) is 5.59. The number of ketones is 1. The molecule has 0 aliphatic carbocycles. The predicted molar refractivity (Wildman–Crippen MR) is 93.9 cm³/mol. The lowest BCUT2D eigenvalue weighted by Crippen LogP contribution is -2.60. The van der Waals surface area contributed by atoms with E-state index in [9.17, 15) is 19.8 Å². The van der Waals surface area contributed by atoms with E-state index in [1.54, 1.807) is 19.9 Å². The fourth-order valence-electron chi connectivity index (χ4n) is 4.07. The molecule has 0 aromatic rings. The number of carbonyl (C=O) groups excluding carboxylic acids is 2. The van der Waals surface area contributed by atoms with E-state index in [0.29, 0.717) is 24.0 Å². The summed E-state index contributed by atoms with van der Waals surface area (Å²) in [5.74, 6) is -3.72. The molecule has 4 bridgehead atoms. The van der Waals surface area contributed by atoms with Crippen LogP contribution in [0.25, 0.3) is 0 Å². The van der Waals surface area contributed by atoms with Crippen molar-refractivity contribution < 1.29 is 29.3 Å². The smallest absolute Gasteiger partial charge is 0.337 e. The summed E-state index contributed by atoms with van der Waals surface area (Å²) in [6.07, 6.45) is 1.59. The van der Waals surface area contributed by atoms with Gasteiger partial charge in [-0.2, -0.15) is 0 Å². The monoisotopic (exact) mass is 362 g/mol. The van der Waals surface area contributed by atoms with Crippen LogP contribution in [0, 0.1) is 11.8 Å². The minimum Gasteiger partial charge on any atom is -0.454 e. The van der Waals surface area contributed by atoms with Gasteiger partial charge >= 0.3 is 5.97 Å². The Morgan fingerprint density at radius 3 is 2.69 bits per heavy atom. The van der Waals surface area contributed by atoms with Gasteiger partial charge in [-0.25, -0.2) is 4.79 Å². The summed E-state index contributed by atoms with van der Waals surface area (Å²) in [4.78, 5) is 24.7. The lowest BCUT2D eigenvalue weighted by atomic mass is 9.76. The van der Waals surface area contributed by atoms with Crippen molar-refractivity contribution in [1.82, 2.24) is 0 Å². The highest BCUT2D eigenvalue weighted by Gasteiger charge is 2.54. The van der Waals surface area contributed by atoms with Crippen molar-refractivity contribution in [2.24, 2.45) is 11.8 Å². The van der Waals surface area contributed by atoms with Gasteiger partial charge in [-0.05, 0) is 32.4 Å². The first-order valence-corrected chi connectivity index (χ1v) is 8.98. The maximum absolute atomic E-state index is 12.3. The van der Waals surface area contributed by atoms with E-state index in [4.69, 9.17) is 9.47 Å². The Morgan fingerprint density at radius 2 is 2.04 bits per heavy atom. The highest BCUT2D eigenvalue weighted by molar-refractivity contribution is 5.92. The van der Waals surface area contributed by atoms with Crippen LogP contribution < -0.4 is 0 Å².